The highest BCUT2D eigenvalue weighted by molar-refractivity contribution is 6.30. The van der Waals surface area contributed by atoms with Crippen molar-refractivity contribution >= 4 is 11.6 Å². The van der Waals surface area contributed by atoms with Gasteiger partial charge in [0.1, 0.15) is 6.10 Å². The number of aromatic nitrogens is 2. The van der Waals surface area contributed by atoms with Gasteiger partial charge in [-0.3, -0.25) is 14.3 Å². The van der Waals surface area contributed by atoms with Gasteiger partial charge in [0.2, 0.25) is 0 Å². The third kappa shape index (κ3) is 2.19. The Morgan fingerprint density at radius 1 is 1.59 bits per heavy atom. The van der Waals surface area contributed by atoms with Gasteiger partial charge in [0.05, 0.1) is 11.6 Å². The van der Waals surface area contributed by atoms with Crippen LogP contribution in [-0.4, -0.2) is 27.4 Å². The van der Waals surface area contributed by atoms with Gasteiger partial charge in [0.15, 0.2) is 6.23 Å². The lowest BCUT2D eigenvalue weighted by molar-refractivity contribution is -0.0120. The van der Waals surface area contributed by atoms with Crippen LogP contribution in [0.25, 0.3) is 0 Å². The first kappa shape index (κ1) is 12.1. The molecule has 17 heavy (non-hydrogen) atoms. The summed E-state index contributed by atoms with van der Waals surface area (Å²) in [5, 5.41) is 9.25. The summed E-state index contributed by atoms with van der Waals surface area (Å²) in [5.74, 6) is 0. The highest BCUT2D eigenvalue weighted by Crippen LogP contribution is 2.30. The number of ether oxygens (including phenoxy) is 1. The maximum absolute atomic E-state index is 11.6. The van der Waals surface area contributed by atoms with Crippen LogP contribution in [0.15, 0.2) is 26.9 Å². The molecule has 0 bridgehead atoms. The van der Waals surface area contributed by atoms with E-state index in [0.29, 0.717) is 10.6 Å². The number of aliphatic hydroxyl groups is 1. The Labute approximate surface area is 101 Å². The van der Waals surface area contributed by atoms with E-state index in [2.05, 4.69) is 4.98 Å². The molecule has 1 aliphatic rings. The highest BCUT2D eigenvalue weighted by atomic mass is 35.5. The summed E-state index contributed by atoms with van der Waals surface area (Å²) in [6.45, 7) is 1.36. The van der Waals surface area contributed by atoms with Crippen molar-refractivity contribution in [1.82, 2.24) is 9.55 Å². The van der Waals surface area contributed by atoms with Gasteiger partial charge >= 0.3 is 5.69 Å². The molecule has 0 saturated carbocycles. The zero-order chi connectivity index (χ0) is 12.6. The Morgan fingerprint density at radius 2 is 2.29 bits per heavy atom. The lowest BCUT2D eigenvalue weighted by Crippen LogP contribution is -2.34. The van der Waals surface area contributed by atoms with Gasteiger partial charge in [-0.2, -0.15) is 0 Å². The number of hydrogen-bond donors (Lipinski definition) is 2. The number of halogens is 1. The molecule has 0 fully saturated rings. The number of aromatic amines is 1. The van der Waals surface area contributed by atoms with Crippen LogP contribution in [0.5, 0.6) is 0 Å². The van der Waals surface area contributed by atoms with Crippen LogP contribution in [0, 0.1) is 6.92 Å². The number of aryl methyl sites for hydroxylation is 1. The maximum atomic E-state index is 11.6. The number of nitrogens with zero attached hydrogens (tertiary/aromatic N) is 1. The monoisotopic (exact) mass is 258 g/mol. The number of hydrogen-bond acceptors (Lipinski definition) is 4. The van der Waals surface area contributed by atoms with E-state index < -0.39 is 23.6 Å². The number of rotatable bonds is 2. The Balaban J connectivity index is 2.43. The first-order valence-corrected chi connectivity index (χ1v) is 5.36. The minimum Gasteiger partial charge on any atom is -0.393 e. The molecule has 92 valence electrons. The van der Waals surface area contributed by atoms with Gasteiger partial charge in [0.25, 0.3) is 5.56 Å². The molecule has 1 aliphatic heterocycles. The van der Waals surface area contributed by atoms with Crippen molar-refractivity contribution in [1.29, 1.82) is 0 Å². The van der Waals surface area contributed by atoms with Gasteiger partial charge in [-0.1, -0.05) is 11.6 Å². The number of nitrogens with one attached hydrogen (secondary N) is 1. The summed E-state index contributed by atoms with van der Waals surface area (Å²) < 4.78 is 6.54. The molecule has 6 nitrogen and oxygen atoms in total. The summed E-state index contributed by atoms with van der Waals surface area (Å²) in [4.78, 5) is 25.0. The van der Waals surface area contributed by atoms with Crippen molar-refractivity contribution < 1.29 is 9.84 Å². The molecule has 2 N–H and O–H groups in total. The standard InChI is InChI=1S/C10H11ClN2O4/c1-5-3-13(10(16)12-8(5)15)9-7(11)2-6(4-14)17-9/h2-3,6,9,14H,4H2,1H3,(H,12,15,16)/t6-,9+/m0/s1. The minimum absolute atomic E-state index is 0.218. The van der Waals surface area contributed by atoms with Crippen LogP contribution < -0.4 is 11.2 Å². The zero-order valence-corrected chi connectivity index (χ0v) is 9.77. The fourth-order valence-corrected chi connectivity index (χ4v) is 1.88. The molecule has 0 saturated heterocycles. The van der Waals surface area contributed by atoms with E-state index in [-0.39, 0.29) is 6.61 Å². The van der Waals surface area contributed by atoms with E-state index in [1.807, 2.05) is 0 Å². The van der Waals surface area contributed by atoms with Crippen molar-refractivity contribution in [3.63, 3.8) is 0 Å². The summed E-state index contributed by atoms with van der Waals surface area (Å²) in [7, 11) is 0. The Morgan fingerprint density at radius 3 is 2.88 bits per heavy atom. The number of H-pyrrole nitrogens is 1. The molecule has 7 heteroatoms. The Bertz CT molecular complexity index is 574. The van der Waals surface area contributed by atoms with Crippen LogP contribution >= 0.6 is 11.6 Å². The smallest absolute Gasteiger partial charge is 0.330 e. The van der Waals surface area contributed by atoms with E-state index in [1.165, 1.54) is 16.8 Å². The van der Waals surface area contributed by atoms with E-state index in [1.54, 1.807) is 6.92 Å². The largest absolute Gasteiger partial charge is 0.393 e. The molecule has 2 atom stereocenters. The first-order chi connectivity index (χ1) is 8.02. The van der Waals surface area contributed by atoms with Crippen molar-refractivity contribution in [3.05, 3.63) is 43.7 Å². The van der Waals surface area contributed by atoms with Crippen LogP contribution in [0.2, 0.25) is 0 Å². The quantitative estimate of drug-likeness (QED) is 0.773. The molecule has 2 heterocycles. The van der Waals surface area contributed by atoms with Crippen LogP contribution in [0.3, 0.4) is 0 Å². The summed E-state index contributed by atoms with van der Waals surface area (Å²) >= 11 is 5.92. The van der Waals surface area contributed by atoms with E-state index >= 15 is 0 Å². The lowest BCUT2D eigenvalue weighted by Gasteiger charge is -2.16. The van der Waals surface area contributed by atoms with Crippen molar-refractivity contribution in [3.8, 4) is 0 Å². The van der Waals surface area contributed by atoms with Crippen LogP contribution in [-0.2, 0) is 4.74 Å². The van der Waals surface area contributed by atoms with E-state index in [9.17, 15) is 9.59 Å². The molecule has 1 aromatic heterocycles. The summed E-state index contributed by atoms with van der Waals surface area (Å²) in [5.41, 5.74) is -0.663. The van der Waals surface area contributed by atoms with Crippen LogP contribution in [0.1, 0.15) is 11.8 Å². The van der Waals surface area contributed by atoms with Gasteiger partial charge in [-0.15, -0.1) is 0 Å². The molecular formula is C10H11ClN2O4. The second-order valence-corrected chi connectivity index (χ2v) is 4.18. The Kier molecular flexibility index (Phi) is 3.19. The van der Waals surface area contributed by atoms with Crippen molar-refractivity contribution in [2.75, 3.05) is 6.61 Å². The second kappa shape index (κ2) is 4.48. The lowest BCUT2D eigenvalue weighted by atomic mass is 10.3. The van der Waals surface area contributed by atoms with E-state index in [4.69, 9.17) is 21.4 Å². The van der Waals surface area contributed by atoms with Gasteiger partial charge < -0.3 is 9.84 Å². The molecular weight excluding hydrogens is 248 g/mol. The average molecular weight is 259 g/mol. The van der Waals surface area contributed by atoms with Crippen molar-refractivity contribution in [2.24, 2.45) is 0 Å². The molecule has 2 rings (SSSR count). The zero-order valence-electron chi connectivity index (χ0n) is 9.01. The fourth-order valence-electron chi connectivity index (χ4n) is 1.58. The molecule has 0 amide bonds. The molecule has 0 aromatic carbocycles. The Hall–Kier alpha value is -1.37. The molecule has 0 spiro atoms. The minimum atomic E-state index is -0.795. The SMILES string of the molecule is Cc1cn([C@@H]2O[C@H](CO)C=C2Cl)c(=O)[nH]c1=O. The van der Waals surface area contributed by atoms with Gasteiger partial charge in [-0.25, -0.2) is 4.79 Å². The predicted octanol–water partition coefficient (Wildman–Crippen LogP) is -0.143. The average Bonchev–Trinajstić information content (AvgIpc) is 2.65. The molecule has 0 unspecified atom stereocenters. The molecule has 0 radical (unpaired) electrons. The molecule has 0 aliphatic carbocycles. The predicted molar refractivity (Wildman–Crippen MR) is 61.0 cm³/mol. The van der Waals surface area contributed by atoms with E-state index in [0.717, 1.165) is 0 Å². The van der Waals surface area contributed by atoms with Crippen molar-refractivity contribution in [2.45, 2.75) is 19.3 Å². The third-order valence-electron chi connectivity index (χ3n) is 2.46. The number of aliphatic hydroxyl groups excluding tert-OH is 1. The first-order valence-electron chi connectivity index (χ1n) is 4.98. The fraction of sp³-hybridized carbons (Fsp3) is 0.400. The summed E-state index contributed by atoms with van der Waals surface area (Å²) in [6, 6.07) is 0. The molecule has 1 aromatic rings. The topological polar surface area (TPSA) is 84.3 Å². The highest BCUT2D eigenvalue weighted by Gasteiger charge is 2.28. The summed E-state index contributed by atoms with van der Waals surface area (Å²) in [6.07, 6.45) is 1.57. The van der Waals surface area contributed by atoms with Crippen LogP contribution in [0.4, 0.5) is 0 Å². The van der Waals surface area contributed by atoms with Gasteiger partial charge in [0, 0.05) is 11.8 Å². The second-order valence-electron chi connectivity index (χ2n) is 3.74. The maximum Gasteiger partial charge on any atom is 0.330 e. The third-order valence-corrected chi connectivity index (χ3v) is 2.78. The normalized spacial score (nSPS) is 23.8. The van der Waals surface area contributed by atoms with Gasteiger partial charge in [-0.05, 0) is 13.0 Å².